The quantitative estimate of drug-likeness (QED) is 0.840. The molecule has 1 atom stereocenters. The Balaban J connectivity index is 2.09. The summed E-state index contributed by atoms with van der Waals surface area (Å²) in [6, 6.07) is 7.46. The summed E-state index contributed by atoms with van der Waals surface area (Å²) in [6.07, 6.45) is 0.546. The Labute approximate surface area is 129 Å². The molecule has 1 aromatic carbocycles. The van der Waals surface area contributed by atoms with E-state index in [1.54, 1.807) is 11.9 Å². The first-order valence-electron chi connectivity index (χ1n) is 7.00. The third kappa shape index (κ3) is 4.17. The number of hydrogen-bond donors (Lipinski definition) is 2. The Morgan fingerprint density at radius 1 is 1.48 bits per heavy atom. The molecule has 1 heterocycles. The third-order valence-electron chi connectivity index (χ3n) is 3.66. The number of likely N-dealkylation sites (N-methyl/N-ethyl adjacent to an activating group) is 1. The highest BCUT2D eigenvalue weighted by Gasteiger charge is 2.37. The van der Waals surface area contributed by atoms with Crippen LogP contribution in [0, 0.1) is 0 Å². The van der Waals surface area contributed by atoms with Gasteiger partial charge >= 0.3 is 0 Å². The van der Waals surface area contributed by atoms with Crippen LogP contribution in [0.3, 0.4) is 0 Å². The lowest BCUT2D eigenvalue weighted by atomic mass is 9.93. The van der Waals surface area contributed by atoms with E-state index in [2.05, 4.69) is 5.32 Å². The fourth-order valence-electron chi connectivity index (χ4n) is 2.55. The first-order chi connectivity index (χ1) is 10.1. The zero-order valence-corrected chi connectivity index (χ0v) is 12.9. The van der Waals surface area contributed by atoms with Crippen molar-refractivity contribution < 1.29 is 14.6 Å². The van der Waals surface area contributed by atoms with Crippen molar-refractivity contribution in [1.29, 1.82) is 0 Å². The van der Waals surface area contributed by atoms with Crippen molar-refractivity contribution >= 4 is 17.5 Å². The van der Waals surface area contributed by atoms with Crippen molar-refractivity contribution in [2.45, 2.75) is 12.0 Å². The van der Waals surface area contributed by atoms with Crippen LogP contribution < -0.4 is 5.32 Å². The molecule has 0 bridgehead atoms. The second-order valence-electron chi connectivity index (χ2n) is 5.34. The summed E-state index contributed by atoms with van der Waals surface area (Å²) < 4.78 is 5.81. The van der Waals surface area contributed by atoms with Crippen LogP contribution in [-0.4, -0.2) is 61.4 Å². The first kappa shape index (κ1) is 16.2. The average molecular weight is 313 g/mol. The molecule has 2 N–H and O–H groups in total. The number of carbonyl (C=O) groups excluding carboxylic acids is 1. The second kappa shape index (κ2) is 7.22. The highest BCUT2D eigenvalue weighted by molar-refractivity contribution is 6.30. The number of aliphatic hydroxyl groups excluding tert-OH is 1. The number of ether oxygens (including phenoxy) is 1. The maximum Gasteiger partial charge on any atom is 0.236 e. The van der Waals surface area contributed by atoms with Crippen molar-refractivity contribution in [2.24, 2.45) is 0 Å². The molecule has 1 amide bonds. The molecular formula is C15H21ClN2O3. The fourth-order valence-corrected chi connectivity index (χ4v) is 2.68. The van der Waals surface area contributed by atoms with Gasteiger partial charge in [0, 0.05) is 18.0 Å². The lowest BCUT2D eigenvalue weighted by Gasteiger charge is -2.42. The molecule has 1 aliphatic heterocycles. The van der Waals surface area contributed by atoms with Gasteiger partial charge in [-0.25, -0.2) is 0 Å². The van der Waals surface area contributed by atoms with Crippen molar-refractivity contribution in [2.75, 3.05) is 39.9 Å². The van der Waals surface area contributed by atoms with Crippen LogP contribution in [0.2, 0.25) is 5.02 Å². The Morgan fingerprint density at radius 2 is 2.19 bits per heavy atom. The molecule has 0 aliphatic carbocycles. The van der Waals surface area contributed by atoms with E-state index in [-0.39, 0.29) is 12.5 Å². The van der Waals surface area contributed by atoms with Gasteiger partial charge in [-0.2, -0.15) is 0 Å². The molecule has 21 heavy (non-hydrogen) atoms. The summed E-state index contributed by atoms with van der Waals surface area (Å²) in [4.78, 5) is 13.7. The van der Waals surface area contributed by atoms with Crippen LogP contribution in [0.15, 0.2) is 24.3 Å². The molecule has 1 aliphatic rings. The number of benzene rings is 1. The maximum atomic E-state index is 12.0. The van der Waals surface area contributed by atoms with Crippen molar-refractivity contribution in [1.82, 2.24) is 10.2 Å². The Kier molecular flexibility index (Phi) is 5.58. The molecule has 1 aromatic rings. The first-order valence-corrected chi connectivity index (χ1v) is 7.38. The Morgan fingerprint density at radius 3 is 2.81 bits per heavy atom. The van der Waals surface area contributed by atoms with Crippen LogP contribution in [0.1, 0.15) is 5.56 Å². The van der Waals surface area contributed by atoms with Gasteiger partial charge in [-0.1, -0.05) is 23.7 Å². The predicted molar refractivity (Wildman–Crippen MR) is 81.4 cm³/mol. The molecule has 6 heteroatoms. The van der Waals surface area contributed by atoms with Crippen molar-refractivity contribution in [3.8, 4) is 0 Å². The smallest absolute Gasteiger partial charge is 0.236 e. The second-order valence-corrected chi connectivity index (χ2v) is 5.77. The molecule has 5 nitrogen and oxygen atoms in total. The summed E-state index contributed by atoms with van der Waals surface area (Å²) in [5.41, 5.74) is 0.284. The molecule has 0 spiro atoms. The maximum absolute atomic E-state index is 12.0. The van der Waals surface area contributed by atoms with E-state index in [1.807, 2.05) is 24.3 Å². The lowest BCUT2D eigenvalue weighted by Crippen LogP contribution is -2.57. The monoisotopic (exact) mass is 312 g/mol. The minimum absolute atomic E-state index is 0.0229. The molecule has 0 radical (unpaired) electrons. The van der Waals surface area contributed by atoms with Crippen LogP contribution in [0.5, 0.6) is 0 Å². The highest BCUT2D eigenvalue weighted by atomic mass is 35.5. The third-order valence-corrected chi connectivity index (χ3v) is 3.91. The number of nitrogens with zero attached hydrogens (tertiary/aromatic N) is 1. The standard InChI is InChI=1S/C15H21ClN2O3/c1-17-9-14(20)18-6-7-21-15(10-18,11-19)8-12-2-4-13(16)5-3-12/h2-5,17,19H,6-11H2,1H3. The topological polar surface area (TPSA) is 61.8 Å². The summed E-state index contributed by atoms with van der Waals surface area (Å²) >= 11 is 5.88. The van der Waals surface area contributed by atoms with Crippen LogP contribution in [-0.2, 0) is 16.0 Å². The Bertz CT molecular complexity index is 480. The molecule has 1 saturated heterocycles. The molecule has 0 saturated carbocycles. The fraction of sp³-hybridized carbons (Fsp3) is 0.533. The van der Waals surface area contributed by atoms with Gasteiger partial charge in [-0.3, -0.25) is 4.79 Å². The van der Waals surface area contributed by atoms with Gasteiger partial charge in [0.25, 0.3) is 0 Å². The van der Waals surface area contributed by atoms with Gasteiger partial charge in [0.1, 0.15) is 5.60 Å². The van der Waals surface area contributed by atoms with Crippen molar-refractivity contribution in [3.05, 3.63) is 34.9 Å². The minimum Gasteiger partial charge on any atom is -0.393 e. The summed E-state index contributed by atoms with van der Waals surface area (Å²) in [5, 5.41) is 13.3. The average Bonchev–Trinajstić information content (AvgIpc) is 2.50. The minimum atomic E-state index is -0.741. The molecule has 1 unspecified atom stereocenters. The number of nitrogens with one attached hydrogen (secondary N) is 1. The largest absolute Gasteiger partial charge is 0.393 e. The van der Waals surface area contributed by atoms with Gasteiger partial charge in [0.05, 0.1) is 26.3 Å². The summed E-state index contributed by atoms with van der Waals surface area (Å²) in [5.74, 6) is 0.0229. The summed E-state index contributed by atoms with van der Waals surface area (Å²) in [6.45, 7) is 1.56. The van der Waals surface area contributed by atoms with E-state index in [1.165, 1.54) is 0 Å². The number of amides is 1. The van der Waals surface area contributed by atoms with Crippen LogP contribution in [0.4, 0.5) is 0 Å². The van der Waals surface area contributed by atoms with Gasteiger partial charge < -0.3 is 20.1 Å². The molecule has 2 rings (SSSR count). The lowest BCUT2D eigenvalue weighted by molar-refractivity contribution is -0.157. The highest BCUT2D eigenvalue weighted by Crippen LogP contribution is 2.24. The van der Waals surface area contributed by atoms with E-state index < -0.39 is 5.60 Å². The number of hydrogen-bond acceptors (Lipinski definition) is 4. The summed E-state index contributed by atoms with van der Waals surface area (Å²) in [7, 11) is 1.74. The molecule has 1 fully saturated rings. The number of aliphatic hydroxyl groups is 1. The van der Waals surface area contributed by atoms with Gasteiger partial charge in [-0.15, -0.1) is 0 Å². The van der Waals surface area contributed by atoms with E-state index in [4.69, 9.17) is 16.3 Å². The van der Waals surface area contributed by atoms with Gasteiger partial charge in [0.2, 0.25) is 5.91 Å². The van der Waals surface area contributed by atoms with Gasteiger partial charge in [0.15, 0.2) is 0 Å². The predicted octanol–water partition coefficient (Wildman–Crippen LogP) is 0.692. The van der Waals surface area contributed by atoms with Crippen LogP contribution in [0.25, 0.3) is 0 Å². The number of rotatable bonds is 5. The van der Waals surface area contributed by atoms with Crippen LogP contribution >= 0.6 is 11.6 Å². The molecule has 116 valence electrons. The van der Waals surface area contributed by atoms with Crippen molar-refractivity contribution in [3.63, 3.8) is 0 Å². The number of morpholine rings is 1. The number of halogens is 1. The molecular weight excluding hydrogens is 292 g/mol. The Hall–Kier alpha value is -1.14. The zero-order valence-electron chi connectivity index (χ0n) is 12.1. The number of carbonyl (C=O) groups is 1. The molecule has 0 aromatic heterocycles. The van der Waals surface area contributed by atoms with E-state index >= 15 is 0 Å². The van der Waals surface area contributed by atoms with Gasteiger partial charge in [-0.05, 0) is 24.7 Å². The normalized spacial score (nSPS) is 22.3. The van der Waals surface area contributed by atoms with E-state index in [9.17, 15) is 9.90 Å². The van der Waals surface area contributed by atoms with E-state index in [0.717, 1.165) is 5.56 Å². The SMILES string of the molecule is CNCC(=O)N1CCOC(CO)(Cc2ccc(Cl)cc2)C1. The zero-order chi connectivity index (χ0) is 15.3. The van der Waals surface area contributed by atoms with E-state index in [0.29, 0.717) is 37.7 Å².